The molecule has 198 valence electrons. The van der Waals surface area contributed by atoms with E-state index < -0.39 is 55.0 Å². The number of nitrogens with two attached hydrogens (primary N) is 1. The smallest absolute Gasteiger partial charge is 0.348 e. The van der Waals surface area contributed by atoms with Crippen LogP contribution in [0, 0.1) is 0 Å². The van der Waals surface area contributed by atoms with E-state index in [2.05, 4.69) is 15.0 Å². The first-order chi connectivity index (χ1) is 17.4. The molecule has 0 spiro atoms. The number of ether oxygens (including phenoxy) is 2. The summed E-state index contributed by atoms with van der Waals surface area (Å²) in [6, 6.07) is 4.80. The number of benzene rings is 1. The molecule has 37 heavy (non-hydrogen) atoms. The second-order valence-corrected chi connectivity index (χ2v) is 8.10. The number of aromatic nitrogens is 4. The number of aromatic carboxylic acids is 1. The van der Waals surface area contributed by atoms with Crippen molar-refractivity contribution >= 4 is 46.5 Å². The second-order valence-electron chi connectivity index (χ2n) is 7.77. The fourth-order valence-electron chi connectivity index (χ4n) is 3.43. The van der Waals surface area contributed by atoms with Crippen molar-refractivity contribution in [3.8, 4) is 0 Å². The minimum atomic E-state index is -2.87. The number of aliphatic hydroxyl groups is 1. The molecule has 3 aromatic rings. The van der Waals surface area contributed by atoms with Gasteiger partial charge in [0.2, 0.25) is 11.6 Å². The van der Waals surface area contributed by atoms with E-state index >= 15 is 4.39 Å². The molecule has 3 rings (SSSR count). The number of hydrogen-bond acceptors (Lipinski definition) is 10. The fraction of sp³-hybridized carbons (Fsp3) is 0.333. The number of halogens is 2. The molecule has 0 radical (unpaired) electrons. The van der Waals surface area contributed by atoms with Crippen LogP contribution < -0.4 is 5.73 Å². The van der Waals surface area contributed by atoms with Gasteiger partial charge in [0, 0.05) is 13.5 Å². The predicted molar refractivity (Wildman–Crippen MR) is 123 cm³/mol. The van der Waals surface area contributed by atoms with E-state index in [1.54, 1.807) is 0 Å². The molecule has 0 amide bonds. The maximum Gasteiger partial charge on any atom is 0.348 e. The van der Waals surface area contributed by atoms with E-state index in [1.807, 2.05) is 0 Å². The van der Waals surface area contributed by atoms with Gasteiger partial charge in [-0.25, -0.2) is 23.8 Å². The highest BCUT2D eigenvalue weighted by molar-refractivity contribution is 6.28. The van der Waals surface area contributed by atoms with E-state index in [9.17, 15) is 29.7 Å². The van der Waals surface area contributed by atoms with Crippen LogP contribution in [0.5, 0.6) is 0 Å². The summed E-state index contributed by atoms with van der Waals surface area (Å²) < 4.78 is 26.4. The molecule has 14 nitrogen and oxygen atoms in total. The van der Waals surface area contributed by atoms with Crippen LogP contribution >= 0.6 is 11.6 Å². The normalized spacial score (nSPS) is 14.3. The van der Waals surface area contributed by atoms with Crippen LogP contribution in [0.2, 0.25) is 5.28 Å². The van der Waals surface area contributed by atoms with Gasteiger partial charge in [-0.1, -0.05) is 12.1 Å². The Hall–Kier alpha value is -3.92. The zero-order valence-corrected chi connectivity index (χ0v) is 19.7. The number of imidazole rings is 1. The number of carboxylic acid groups (broad SMARTS) is 3. The third-order valence-electron chi connectivity index (χ3n) is 5.49. The van der Waals surface area contributed by atoms with Crippen molar-refractivity contribution in [2.24, 2.45) is 0 Å². The number of methoxy groups -OCH3 is 1. The Morgan fingerprint density at radius 2 is 1.78 bits per heavy atom. The van der Waals surface area contributed by atoms with E-state index in [1.165, 1.54) is 24.3 Å². The van der Waals surface area contributed by atoms with Crippen molar-refractivity contribution in [2.75, 3.05) is 19.5 Å². The first kappa shape index (κ1) is 27.7. The average Bonchev–Trinajstić information content (AvgIpc) is 3.27. The molecule has 16 heteroatoms. The van der Waals surface area contributed by atoms with E-state index in [0.717, 1.165) is 18.0 Å². The van der Waals surface area contributed by atoms with Crippen LogP contribution in [-0.4, -0.2) is 89.4 Å². The monoisotopic (exact) mass is 541 g/mol. The lowest BCUT2D eigenvalue weighted by molar-refractivity contribution is -0.192. The first-order valence-corrected chi connectivity index (χ1v) is 10.7. The molecule has 0 bridgehead atoms. The number of hydrogen-bond donors (Lipinski definition) is 5. The minimum Gasteiger partial charge on any atom is -0.479 e. The van der Waals surface area contributed by atoms with Crippen molar-refractivity contribution < 1.29 is 48.7 Å². The van der Waals surface area contributed by atoms with Gasteiger partial charge in [0.15, 0.2) is 11.5 Å². The van der Waals surface area contributed by atoms with Gasteiger partial charge in [0.05, 0.1) is 18.5 Å². The third kappa shape index (κ3) is 5.59. The number of carboxylic acids is 3. The van der Waals surface area contributed by atoms with Crippen LogP contribution in [0.3, 0.4) is 0 Å². The van der Waals surface area contributed by atoms with Crippen molar-refractivity contribution in [2.45, 2.75) is 30.5 Å². The highest BCUT2D eigenvalue weighted by Crippen LogP contribution is 2.27. The quantitative estimate of drug-likeness (QED) is 0.158. The Balaban J connectivity index is 1.84. The van der Waals surface area contributed by atoms with Gasteiger partial charge >= 0.3 is 17.9 Å². The number of anilines is 1. The van der Waals surface area contributed by atoms with Crippen LogP contribution in [0.1, 0.15) is 22.2 Å². The zero-order valence-electron chi connectivity index (χ0n) is 19.0. The number of rotatable bonds is 12. The number of aliphatic hydroxyl groups excluding tert-OH is 1. The lowest BCUT2D eigenvalue weighted by Crippen LogP contribution is -2.53. The molecule has 0 aliphatic heterocycles. The Bertz CT molecular complexity index is 1310. The van der Waals surface area contributed by atoms with Crippen molar-refractivity contribution in [3.63, 3.8) is 0 Å². The summed E-state index contributed by atoms with van der Waals surface area (Å²) in [5.74, 6) is -5.13. The lowest BCUT2D eigenvalue weighted by atomic mass is 9.93. The van der Waals surface area contributed by atoms with E-state index in [0.29, 0.717) is 0 Å². The maximum absolute atomic E-state index is 15.3. The SMILES string of the molecule is CO[C@H](COC(Cc1ccc(C(=O)O)cc1)(C(=O)O)C(=O)O)[C@@H](O)[C@H](F)n1cnc2c(N)nc(Cl)nc21. The highest BCUT2D eigenvalue weighted by atomic mass is 35.5. The average molecular weight is 542 g/mol. The Morgan fingerprint density at radius 1 is 1.16 bits per heavy atom. The summed E-state index contributed by atoms with van der Waals surface area (Å²) >= 11 is 5.76. The number of nitrogen functional groups attached to an aromatic ring is 1. The largest absolute Gasteiger partial charge is 0.479 e. The third-order valence-corrected chi connectivity index (χ3v) is 5.66. The molecule has 0 unspecified atom stereocenters. The predicted octanol–water partition coefficient (Wildman–Crippen LogP) is 0.771. The molecule has 0 aliphatic rings. The topological polar surface area (TPSA) is 220 Å². The highest BCUT2D eigenvalue weighted by Gasteiger charge is 2.49. The Morgan fingerprint density at radius 3 is 2.32 bits per heavy atom. The first-order valence-electron chi connectivity index (χ1n) is 10.3. The van der Waals surface area contributed by atoms with Crippen LogP contribution in [0.15, 0.2) is 30.6 Å². The van der Waals surface area contributed by atoms with Crippen LogP contribution in [0.4, 0.5) is 10.2 Å². The van der Waals surface area contributed by atoms with Crippen molar-refractivity contribution in [1.29, 1.82) is 0 Å². The molecule has 3 atom stereocenters. The number of nitrogens with zero attached hydrogens (tertiary/aromatic N) is 4. The van der Waals surface area contributed by atoms with Gasteiger partial charge in [-0.2, -0.15) is 9.97 Å². The maximum atomic E-state index is 15.3. The van der Waals surface area contributed by atoms with Gasteiger partial charge in [0.25, 0.3) is 5.60 Å². The molecule has 6 N–H and O–H groups in total. The molecule has 0 saturated carbocycles. The van der Waals surface area contributed by atoms with E-state index in [-0.39, 0.29) is 33.4 Å². The van der Waals surface area contributed by atoms with Gasteiger partial charge < -0.3 is 35.6 Å². The number of aliphatic carboxylic acids is 2. The molecule has 0 fully saturated rings. The molecular formula is C21H21ClFN5O9. The summed E-state index contributed by atoms with van der Waals surface area (Å²) in [6.45, 7) is -0.867. The summed E-state index contributed by atoms with van der Waals surface area (Å²) in [4.78, 5) is 46.5. The summed E-state index contributed by atoms with van der Waals surface area (Å²) in [6.07, 6.45) is -5.60. The standard InChI is InChI=1S/C21H21ClFN5O9/c1-36-11(13(29)14(23)28-8-25-12-15(24)26-20(22)27-16(12)28)7-37-21(18(32)33,19(34)35)6-9-2-4-10(5-3-9)17(30)31/h2-5,8,11,13-14,29H,6-7H2,1H3,(H,30,31)(H,32,33)(H,34,35)(H2,24,26,27)/t11-,13-,14-/m1/s1. The molecule has 0 saturated heterocycles. The second kappa shape index (κ2) is 11.0. The summed E-state index contributed by atoms with van der Waals surface area (Å²) in [5.41, 5.74) is 2.72. The van der Waals surface area contributed by atoms with E-state index in [4.69, 9.17) is 31.9 Å². The molecule has 2 heterocycles. The van der Waals surface area contributed by atoms with Crippen LogP contribution in [-0.2, 0) is 25.5 Å². The van der Waals surface area contributed by atoms with Gasteiger partial charge in [0.1, 0.15) is 17.7 Å². The molecule has 0 aliphatic carbocycles. The summed E-state index contributed by atoms with van der Waals surface area (Å²) in [5, 5.41) is 38.8. The van der Waals surface area contributed by atoms with Gasteiger partial charge in [-0.05, 0) is 29.3 Å². The number of alkyl halides is 1. The Labute approximate surface area is 212 Å². The molecular weight excluding hydrogens is 521 g/mol. The van der Waals surface area contributed by atoms with Crippen molar-refractivity contribution in [3.05, 3.63) is 47.0 Å². The van der Waals surface area contributed by atoms with Crippen molar-refractivity contribution in [1.82, 2.24) is 19.5 Å². The van der Waals surface area contributed by atoms with Gasteiger partial charge in [-0.15, -0.1) is 0 Å². The lowest BCUT2D eigenvalue weighted by Gasteiger charge is -2.30. The van der Waals surface area contributed by atoms with Gasteiger partial charge in [-0.3, -0.25) is 4.57 Å². The number of carbonyl (C=O) groups is 3. The molecule has 2 aromatic heterocycles. The molecule has 1 aromatic carbocycles. The Kier molecular flexibility index (Phi) is 8.22. The number of fused-ring (bicyclic) bond motifs is 1. The summed E-state index contributed by atoms with van der Waals surface area (Å²) in [7, 11) is 1.07. The minimum absolute atomic E-state index is 0.00848. The fourth-order valence-corrected chi connectivity index (χ4v) is 3.60. The zero-order chi connectivity index (χ0) is 27.5. The van der Waals surface area contributed by atoms with Crippen LogP contribution in [0.25, 0.3) is 11.2 Å².